The molecule has 0 aliphatic rings. The van der Waals surface area contributed by atoms with Crippen LogP contribution >= 0.6 is 0 Å². The Morgan fingerprint density at radius 2 is 0.500 bits per heavy atom. The van der Waals surface area contributed by atoms with Crippen molar-refractivity contribution in [3.63, 3.8) is 0 Å². The van der Waals surface area contributed by atoms with E-state index in [0.717, 1.165) is 33.1 Å². The summed E-state index contributed by atoms with van der Waals surface area (Å²) in [7, 11) is 20.0. The van der Waals surface area contributed by atoms with Gasteiger partial charge in [0.1, 0.15) is 19.6 Å². The average Bonchev–Trinajstić information content (AvgIpc) is 2.94. The molecule has 4 aromatic rings. The highest BCUT2D eigenvalue weighted by Gasteiger charge is 2.09. The van der Waals surface area contributed by atoms with E-state index >= 15 is 0 Å². The van der Waals surface area contributed by atoms with Crippen molar-refractivity contribution in [1.82, 2.24) is 0 Å². The molecule has 0 amide bonds. The molecule has 3 nitrogen and oxygen atoms in total. The summed E-state index contributed by atoms with van der Waals surface area (Å²) in [5.41, 5.74) is 11.3. The zero-order chi connectivity index (χ0) is 32.7. The van der Waals surface area contributed by atoms with Crippen LogP contribution in [0.1, 0.15) is 50.1 Å². The molecule has 6 heteroatoms. The van der Waals surface area contributed by atoms with Gasteiger partial charge in [-0.1, -0.05) is 109 Å². The summed E-state index contributed by atoms with van der Waals surface area (Å²) in [5, 5.41) is 0. The molecule has 0 aromatic heterocycles. The second-order valence-electron chi connectivity index (χ2n) is 15.5. The third-order valence-corrected chi connectivity index (χ3v) is 7.31. The van der Waals surface area contributed by atoms with Gasteiger partial charge in [0.2, 0.25) is 0 Å². The number of halogens is 3. The largest absolute Gasteiger partial charge is 1.00 e. The summed E-state index contributed by atoms with van der Waals surface area (Å²) in [6.45, 7) is 3.06. The van der Waals surface area contributed by atoms with Gasteiger partial charge in [-0.05, 0) is 51.6 Å². The molecule has 0 atom stereocenters. The fourth-order valence-corrected chi connectivity index (χ4v) is 5.41. The predicted molar refractivity (Wildman–Crippen MR) is 198 cm³/mol. The Hall–Kier alpha value is -1.83. The fourth-order valence-electron chi connectivity index (χ4n) is 5.41. The Kier molecular flexibility index (Phi) is 18.0. The summed E-state index contributed by atoms with van der Waals surface area (Å²) in [4.78, 5) is 0. The first-order valence-electron chi connectivity index (χ1n) is 16.0. The molecule has 4 rings (SSSR count). The quantitative estimate of drug-likeness (QED) is 0.105. The summed E-state index contributed by atoms with van der Waals surface area (Å²) < 4.78 is 2.77. The molecular formula is C42H54I3N3. The monoisotopic (exact) mass is 981 g/mol. The molecule has 0 N–H and O–H groups in total. The lowest BCUT2D eigenvalue weighted by Gasteiger charge is -2.23. The Morgan fingerprint density at radius 3 is 0.688 bits per heavy atom. The molecule has 0 aliphatic heterocycles. The van der Waals surface area contributed by atoms with Gasteiger partial charge in [0.15, 0.2) is 0 Å². The molecule has 0 unspecified atom stereocenters. The minimum atomic E-state index is 0. The van der Waals surface area contributed by atoms with Crippen LogP contribution in [0.25, 0.3) is 36.5 Å². The van der Waals surface area contributed by atoms with Gasteiger partial charge in [-0.3, -0.25) is 0 Å². The van der Waals surface area contributed by atoms with Crippen molar-refractivity contribution in [2.45, 2.75) is 19.6 Å². The maximum absolute atomic E-state index is 2.26. The topological polar surface area (TPSA) is 0 Å². The predicted octanol–water partition coefficient (Wildman–Crippen LogP) is -0.172. The number of benzene rings is 4. The van der Waals surface area contributed by atoms with E-state index in [1.165, 1.54) is 50.1 Å². The molecule has 48 heavy (non-hydrogen) atoms. The van der Waals surface area contributed by atoms with Gasteiger partial charge in [-0.2, -0.15) is 0 Å². The van der Waals surface area contributed by atoms with E-state index in [1.807, 2.05) is 0 Å². The molecule has 0 spiro atoms. The van der Waals surface area contributed by atoms with Crippen LogP contribution in [0.15, 0.2) is 91.0 Å². The van der Waals surface area contributed by atoms with Crippen LogP contribution in [0.4, 0.5) is 0 Å². The second-order valence-corrected chi connectivity index (χ2v) is 15.5. The smallest absolute Gasteiger partial charge is 0.104 e. The molecular weight excluding hydrogens is 927 g/mol. The van der Waals surface area contributed by atoms with Crippen LogP contribution in [0.5, 0.6) is 0 Å². The summed E-state index contributed by atoms with van der Waals surface area (Å²) in [5.74, 6) is 0. The molecule has 258 valence electrons. The fraction of sp³-hybridized carbons (Fsp3) is 0.286. The lowest BCUT2D eigenvalue weighted by molar-refractivity contribution is -0.884. The Morgan fingerprint density at radius 1 is 0.312 bits per heavy atom. The Balaban J connectivity index is 0.00000384. The van der Waals surface area contributed by atoms with Crippen LogP contribution < -0.4 is 71.9 Å². The van der Waals surface area contributed by atoms with Crippen LogP contribution in [0.2, 0.25) is 0 Å². The van der Waals surface area contributed by atoms with Crippen molar-refractivity contribution in [2.75, 3.05) is 63.4 Å². The van der Waals surface area contributed by atoms with Gasteiger partial charge in [-0.25, -0.2) is 0 Å². The first-order chi connectivity index (χ1) is 21.1. The molecule has 0 fully saturated rings. The van der Waals surface area contributed by atoms with Crippen LogP contribution in [-0.2, 0) is 19.6 Å². The lowest BCUT2D eigenvalue weighted by Crippen LogP contribution is -3.00. The third kappa shape index (κ3) is 16.7. The number of hydrogen-bond donors (Lipinski definition) is 0. The molecule has 0 radical (unpaired) electrons. The molecule has 0 saturated heterocycles. The highest BCUT2D eigenvalue weighted by atomic mass is 127. The van der Waals surface area contributed by atoms with Gasteiger partial charge < -0.3 is 85.4 Å². The molecule has 0 aliphatic carbocycles. The number of hydrogen-bond acceptors (Lipinski definition) is 0. The maximum Gasteiger partial charge on any atom is 0.104 e. The van der Waals surface area contributed by atoms with Gasteiger partial charge in [-0.15, -0.1) is 0 Å². The maximum atomic E-state index is 2.26. The normalized spacial score (nSPS) is 12.2. The van der Waals surface area contributed by atoms with E-state index in [-0.39, 0.29) is 71.9 Å². The summed E-state index contributed by atoms with van der Waals surface area (Å²) >= 11 is 0. The minimum Gasteiger partial charge on any atom is -1.00 e. The molecule has 0 bridgehead atoms. The Labute approximate surface area is 342 Å². The van der Waals surface area contributed by atoms with Crippen LogP contribution in [0, 0.1) is 0 Å². The van der Waals surface area contributed by atoms with Gasteiger partial charge in [0.05, 0.1) is 63.4 Å². The first-order valence-corrected chi connectivity index (χ1v) is 16.0. The third-order valence-electron chi connectivity index (χ3n) is 7.31. The van der Waals surface area contributed by atoms with Crippen LogP contribution in [-0.4, -0.2) is 76.9 Å². The van der Waals surface area contributed by atoms with Gasteiger partial charge in [0, 0.05) is 16.7 Å². The van der Waals surface area contributed by atoms with Crippen molar-refractivity contribution >= 4 is 36.5 Å². The first kappa shape index (κ1) is 44.2. The average molecular weight is 982 g/mol. The van der Waals surface area contributed by atoms with Crippen molar-refractivity contribution in [2.24, 2.45) is 0 Å². The van der Waals surface area contributed by atoms with E-state index in [2.05, 4.69) is 191 Å². The van der Waals surface area contributed by atoms with Crippen molar-refractivity contribution in [1.29, 1.82) is 0 Å². The van der Waals surface area contributed by atoms with E-state index in [0.29, 0.717) is 0 Å². The molecule has 0 heterocycles. The van der Waals surface area contributed by atoms with Gasteiger partial charge in [0.25, 0.3) is 0 Å². The molecule has 4 aromatic carbocycles. The lowest BCUT2D eigenvalue weighted by atomic mass is 10.0. The van der Waals surface area contributed by atoms with Crippen molar-refractivity contribution in [3.05, 3.63) is 141 Å². The number of rotatable bonds is 12. The van der Waals surface area contributed by atoms with Gasteiger partial charge >= 0.3 is 0 Å². The van der Waals surface area contributed by atoms with Crippen molar-refractivity contribution in [3.8, 4) is 0 Å². The van der Waals surface area contributed by atoms with E-state index in [4.69, 9.17) is 0 Å². The highest BCUT2D eigenvalue weighted by Crippen LogP contribution is 2.20. The van der Waals surface area contributed by atoms with Crippen LogP contribution in [0.3, 0.4) is 0 Å². The van der Waals surface area contributed by atoms with E-state index in [1.54, 1.807) is 0 Å². The van der Waals surface area contributed by atoms with Crippen molar-refractivity contribution < 1.29 is 85.4 Å². The highest BCUT2D eigenvalue weighted by molar-refractivity contribution is 5.78. The zero-order valence-corrected chi connectivity index (χ0v) is 36.7. The summed E-state index contributed by atoms with van der Waals surface area (Å²) in [6, 6.07) is 33.6. The van der Waals surface area contributed by atoms with E-state index < -0.39 is 0 Å². The zero-order valence-electron chi connectivity index (χ0n) is 30.2. The SMILES string of the molecule is C[N+](C)(C)Cc1ccc(/C=C/c2cc(/C=C/c3ccc(C[N+](C)(C)C)cc3)cc(/C=C/c3ccc(C[N+](C)(C)C)cc3)c2)cc1.[I-].[I-].[I-]. The number of nitrogens with zero attached hydrogens (tertiary/aromatic N) is 3. The number of quaternary nitrogens is 3. The summed E-state index contributed by atoms with van der Waals surface area (Å²) in [6.07, 6.45) is 13.3. The Bertz CT molecular complexity index is 1420. The standard InChI is InChI=1S/C42H54N3.3HI/c1-43(2,3)31-37-19-10-34(11-20-37)16-25-40-28-41(26-17-35-12-21-38(22-13-35)32-44(4,5)6)30-42(29-40)27-18-36-14-23-39(24-15-36)33-45(7,8)9;;;/h10-30H,31-33H2,1-9H3;3*1H/q+3;;;/p-3/b25-16+,26-17+,27-18+;;;. The minimum absolute atomic E-state index is 0. The second kappa shape index (κ2) is 19.5. The van der Waals surface area contributed by atoms with E-state index in [9.17, 15) is 0 Å². The molecule has 0 saturated carbocycles.